The zero-order valence-corrected chi connectivity index (χ0v) is 11.9. The average Bonchev–Trinajstić information content (AvgIpc) is 2.81. The quantitative estimate of drug-likeness (QED) is 0.764. The molecule has 9 heteroatoms. The van der Waals surface area contributed by atoms with Crippen molar-refractivity contribution < 1.29 is 24.1 Å². The van der Waals surface area contributed by atoms with Gasteiger partial charge in [-0.25, -0.2) is 9.52 Å². The fourth-order valence-corrected chi connectivity index (χ4v) is 2.25. The summed E-state index contributed by atoms with van der Waals surface area (Å²) in [6.07, 6.45) is 0. The highest BCUT2D eigenvalue weighted by Crippen LogP contribution is 2.31. The molecule has 1 aromatic heterocycles. The van der Waals surface area contributed by atoms with Gasteiger partial charge in [-0.15, -0.1) is 0 Å². The predicted octanol–water partition coefficient (Wildman–Crippen LogP) is 0.809. The van der Waals surface area contributed by atoms with Crippen molar-refractivity contribution in [3.8, 4) is 17.8 Å². The smallest absolute Gasteiger partial charge is 0.332 e. The van der Waals surface area contributed by atoms with E-state index in [2.05, 4.69) is 14.7 Å². The average molecular weight is 299 g/mol. The van der Waals surface area contributed by atoms with Crippen LogP contribution in [-0.2, 0) is 4.79 Å². The SMILES string of the molecule is COc1cc(OC)nc(OC2=CSNC2(C)C(=O)O)n1. The molecule has 1 aliphatic rings. The summed E-state index contributed by atoms with van der Waals surface area (Å²) < 4.78 is 18.2. The number of carbonyl (C=O) groups is 1. The lowest BCUT2D eigenvalue weighted by atomic mass is 10.0. The number of rotatable bonds is 5. The first-order chi connectivity index (χ1) is 9.49. The number of hydrogen-bond donors (Lipinski definition) is 2. The second kappa shape index (κ2) is 5.55. The van der Waals surface area contributed by atoms with E-state index in [1.165, 1.54) is 27.2 Å². The highest BCUT2D eigenvalue weighted by molar-refractivity contribution is 8.00. The third-order valence-corrected chi connectivity index (χ3v) is 3.49. The van der Waals surface area contributed by atoms with Crippen LogP contribution in [0.15, 0.2) is 17.2 Å². The Morgan fingerprint density at radius 2 is 1.95 bits per heavy atom. The van der Waals surface area contributed by atoms with Crippen LogP contribution in [0.1, 0.15) is 6.92 Å². The van der Waals surface area contributed by atoms with Gasteiger partial charge in [-0.05, 0) is 18.9 Å². The Labute approximate surface area is 119 Å². The van der Waals surface area contributed by atoms with Crippen LogP contribution in [-0.4, -0.2) is 40.8 Å². The first kappa shape index (κ1) is 14.4. The molecule has 1 aromatic rings. The summed E-state index contributed by atoms with van der Waals surface area (Å²) in [6.45, 7) is 1.48. The Hall–Kier alpha value is -2.00. The maximum Gasteiger partial charge on any atom is 0.332 e. The molecule has 0 saturated carbocycles. The summed E-state index contributed by atoms with van der Waals surface area (Å²) >= 11 is 1.12. The second-order valence-corrected chi connectivity index (χ2v) is 4.65. The third kappa shape index (κ3) is 2.63. The lowest BCUT2D eigenvalue weighted by Gasteiger charge is -2.21. The summed E-state index contributed by atoms with van der Waals surface area (Å²) in [5, 5.41) is 10.8. The van der Waals surface area contributed by atoms with Crippen LogP contribution in [0.5, 0.6) is 17.8 Å². The van der Waals surface area contributed by atoms with Gasteiger partial charge in [0.15, 0.2) is 5.54 Å². The molecule has 0 spiro atoms. The number of methoxy groups -OCH3 is 2. The largest absolute Gasteiger partial charge is 0.481 e. The van der Waals surface area contributed by atoms with Crippen LogP contribution in [0, 0.1) is 0 Å². The van der Waals surface area contributed by atoms with Gasteiger partial charge in [0.1, 0.15) is 5.76 Å². The Morgan fingerprint density at radius 3 is 2.45 bits per heavy atom. The Morgan fingerprint density at radius 1 is 1.35 bits per heavy atom. The molecule has 108 valence electrons. The summed E-state index contributed by atoms with van der Waals surface area (Å²) in [5.41, 5.74) is -1.34. The molecule has 0 aromatic carbocycles. The molecule has 1 unspecified atom stereocenters. The molecule has 0 aliphatic carbocycles. The molecule has 2 heterocycles. The van der Waals surface area contributed by atoms with Gasteiger partial charge >= 0.3 is 12.0 Å². The molecule has 0 amide bonds. The first-order valence-electron chi connectivity index (χ1n) is 5.51. The van der Waals surface area contributed by atoms with E-state index in [9.17, 15) is 9.90 Å². The van der Waals surface area contributed by atoms with Crippen LogP contribution >= 0.6 is 11.9 Å². The standard InChI is InChI=1S/C11H13N3O5S/c1-11(9(15)16)6(5-20-14-11)19-10-12-7(17-2)4-8(13-10)18-3/h4-5,14H,1-3H3,(H,15,16). The zero-order valence-electron chi connectivity index (χ0n) is 11.0. The lowest BCUT2D eigenvalue weighted by Crippen LogP contribution is -2.46. The number of nitrogens with zero attached hydrogens (tertiary/aromatic N) is 2. The van der Waals surface area contributed by atoms with Gasteiger partial charge in [-0.1, -0.05) is 0 Å². The summed E-state index contributed by atoms with van der Waals surface area (Å²) in [4.78, 5) is 19.2. The molecule has 1 atom stereocenters. The first-order valence-corrected chi connectivity index (χ1v) is 6.39. The topological polar surface area (TPSA) is 103 Å². The predicted molar refractivity (Wildman–Crippen MR) is 70.6 cm³/mol. The van der Waals surface area contributed by atoms with Crippen LogP contribution in [0.2, 0.25) is 0 Å². The molecule has 0 bridgehead atoms. The molecule has 1 aliphatic heterocycles. The maximum absolute atomic E-state index is 11.3. The minimum atomic E-state index is -1.34. The minimum absolute atomic E-state index is 0.0516. The van der Waals surface area contributed by atoms with Crippen molar-refractivity contribution in [1.82, 2.24) is 14.7 Å². The Balaban J connectivity index is 2.28. The normalized spacial score (nSPS) is 21.2. The molecule has 20 heavy (non-hydrogen) atoms. The van der Waals surface area contributed by atoms with Gasteiger partial charge in [-0.3, -0.25) is 0 Å². The number of hydrogen-bond acceptors (Lipinski definition) is 8. The number of carboxylic acid groups (broad SMARTS) is 1. The Bertz CT molecular complexity index is 543. The van der Waals surface area contributed by atoms with Crippen molar-refractivity contribution in [2.75, 3.05) is 14.2 Å². The fourth-order valence-electron chi connectivity index (χ4n) is 1.38. The van der Waals surface area contributed by atoms with Crippen molar-refractivity contribution >= 4 is 17.9 Å². The van der Waals surface area contributed by atoms with Crippen molar-refractivity contribution in [3.05, 3.63) is 17.2 Å². The molecular weight excluding hydrogens is 286 g/mol. The van der Waals surface area contributed by atoms with Crippen LogP contribution in [0.4, 0.5) is 0 Å². The van der Waals surface area contributed by atoms with E-state index >= 15 is 0 Å². The molecule has 0 saturated heterocycles. The number of carboxylic acids is 1. The number of aliphatic carboxylic acids is 1. The number of aromatic nitrogens is 2. The minimum Gasteiger partial charge on any atom is -0.481 e. The van der Waals surface area contributed by atoms with Crippen LogP contribution in [0.3, 0.4) is 0 Å². The summed E-state index contributed by atoms with van der Waals surface area (Å²) in [7, 11) is 2.89. The van der Waals surface area contributed by atoms with E-state index in [0.29, 0.717) is 0 Å². The van der Waals surface area contributed by atoms with Gasteiger partial charge in [0.25, 0.3) is 0 Å². The van der Waals surface area contributed by atoms with Crippen LogP contribution < -0.4 is 18.9 Å². The van der Waals surface area contributed by atoms with Gasteiger partial charge in [0.2, 0.25) is 11.8 Å². The number of ether oxygens (including phenoxy) is 3. The van der Waals surface area contributed by atoms with E-state index in [-0.39, 0.29) is 23.5 Å². The number of nitrogens with one attached hydrogen (secondary N) is 1. The van der Waals surface area contributed by atoms with Crippen molar-refractivity contribution in [3.63, 3.8) is 0 Å². The van der Waals surface area contributed by atoms with E-state index in [4.69, 9.17) is 14.2 Å². The van der Waals surface area contributed by atoms with Crippen molar-refractivity contribution in [2.45, 2.75) is 12.5 Å². The molecule has 8 nitrogen and oxygen atoms in total. The van der Waals surface area contributed by atoms with Crippen molar-refractivity contribution in [1.29, 1.82) is 0 Å². The van der Waals surface area contributed by atoms with Gasteiger partial charge in [0, 0.05) is 5.41 Å². The van der Waals surface area contributed by atoms with E-state index in [0.717, 1.165) is 11.9 Å². The maximum atomic E-state index is 11.3. The zero-order chi connectivity index (χ0) is 14.8. The highest BCUT2D eigenvalue weighted by atomic mass is 32.2. The molecule has 2 rings (SSSR count). The van der Waals surface area contributed by atoms with E-state index in [1.54, 1.807) is 5.41 Å². The summed E-state index contributed by atoms with van der Waals surface area (Å²) in [6, 6.07) is 1.43. The lowest BCUT2D eigenvalue weighted by molar-refractivity contribution is -0.142. The van der Waals surface area contributed by atoms with E-state index < -0.39 is 11.5 Å². The Kier molecular flexibility index (Phi) is 4.00. The van der Waals surface area contributed by atoms with Crippen molar-refractivity contribution in [2.24, 2.45) is 0 Å². The highest BCUT2D eigenvalue weighted by Gasteiger charge is 2.43. The molecule has 2 N–H and O–H groups in total. The molecule has 0 fully saturated rings. The van der Waals surface area contributed by atoms with Gasteiger partial charge < -0.3 is 19.3 Å². The monoisotopic (exact) mass is 299 g/mol. The third-order valence-electron chi connectivity index (χ3n) is 2.63. The molecule has 0 radical (unpaired) electrons. The fraction of sp³-hybridized carbons (Fsp3) is 0.364. The van der Waals surface area contributed by atoms with Gasteiger partial charge in [0.05, 0.1) is 20.3 Å². The molecular formula is C11H13N3O5S. The van der Waals surface area contributed by atoms with Gasteiger partial charge in [-0.2, -0.15) is 9.97 Å². The van der Waals surface area contributed by atoms with E-state index in [1.807, 2.05) is 0 Å². The van der Waals surface area contributed by atoms with Crippen LogP contribution in [0.25, 0.3) is 0 Å². The second-order valence-electron chi connectivity index (χ2n) is 3.97. The summed E-state index contributed by atoms with van der Waals surface area (Å²) in [5.74, 6) is -0.375.